The van der Waals surface area contributed by atoms with Crippen LogP contribution in [0.2, 0.25) is 0 Å². The zero-order chi connectivity index (χ0) is 11.3. The molecule has 0 saturated heterocycles. The highest BCUT2D eigenvalue weighted by molar-refractivity contribution is 6.04. The Hall–Kier alpha value is -1.57. The Morgan fingerprint density at radius 2 is 2.00 bits per heavy atom. The second kappa shape index (κ2) is 4.78. The molecule has 0 aliphatic carbocycles. The highest BCUT2D eigenvalue weighted by atomic mass is 16.4. The van der Waals surface area contributed by atoms with E-state index < -0.39 is 0 Å². The molecule has 0 fully saturated rings. The molecule has 0 saturated carbocycles. The normalized spacial score (nSPS) is 12.5. The number of rotatable bonds is 4. The first-order valence-corrected chi connectivity index (χ1v) is 5.00. The Kier molecular flexibility index (Phi) is 3.67. The van der Waals surface area contributed by atoms with Crippen molar-refractivity contribution >= 4 is 5.71 Å². The Labute approximate surface area is 90.9 Å². The van der Waals surface area contributed by atoms with Gasteiger partial charge in [0.15, 0.2) is 0 Å². The summed E-state index contributed by atoms with van der Waals surface area (Å²) < 4.78 is 0. The molecule has 0 aliphatic heterocycles. The molecule has 0 bridgehead atoms. The molecule has 0 heterocycles. The summed E-state index contributed by atoms with van der Waals surface area (Å²) in [7, 11) is 0. The van der Waals surface area contributed by atoms with Gasteiger partial charge < -0.3 is 5.21 Å². The summed E-state index contributed by atoms with van der Waals surface area (Å²) in [6, 6.07) is 9.70. The van der Waals surface area contributed by atoms with Crippen molar-refractivity contribution in [2.75, 3.05) is 0 Å². The first kappa shape index (κ1) is 11.5. The molecular weight excluding hydrogens is 186 g/mol. The van der Waals surface area contributed by atoms with Gasteiger partial charge in [-0.15, -0.1) is 6.58 Å². The van der Waals surface area contributed by atoms with Crippen molar-refractivity contribution in [2.24, 2.45) is 10.6 Å². The third-order valence-electron chi connectivity index (χ3n) is 2.44. The number of allylic oxidation sites excluding steroid dienone is 1. The molecule has 2 heteroatoms. The number of hydrogen-bond donors (Lipinski definition) is 1. The second-order valence-corrected chi connectivity index (χ2v) is 4.19. The van der Waals surface area contributed by atoms with Gasteiger partial charge in [-0.2, -0.15) is 0 Å². The van der Waals surface area contributed by atoms with Crippen LogP contribution in [0.25, 0.3) is 0 Å². The van der Waals surface area contributed by atoms with Crippen LogP contribution in [0.1, 0.15) is 25.8 Å². The van der Waals surface area contributed by atoms with Crippen molar-refractivity contribution in [1.29, 1.82) is 0 Å². The average Bonchev–Trinajstić information content (AvgIpc) is 2.19. The molecule has 0 atom stereocenters. The van der Waals surface area contributed by atoms with Crippen LogP contribution >= 0.6 is 0 Å². The number of hydrogen-bond acceptors (Lipinski definition) is 2. The van der Waals surface area contributed by atoms with Crippen LogP contribution in [0.5, 0.6) is 0 Å². The molecule has 80 valence electrons. The molecule has 1 N–H and O–H groups in total. The van der Waals surface area contributed by atoms with Crippen LogP contribution in [-0.4, -0.2) is 10.9 Å². The highest BCUT2D eigenvalue weighted by Gasteiger charge is 2.25. The van der Waals surface area contributed by atoms with Gasteiger partial charge in [-0.05, 0) is 12.0 Å². The third-order valence-corrected chi connectivity index (χ3v) is 2.44. The zero-order valence-electron chi connectivity index (χ0n) is 9.27. The van der Waals surface area contributed by atoms with Gasteiger partial charge >= 0.3 is 0 Å². The predicted octanol–water partition coefficient (Wildman–Crippen LogP) is 3.47. The van der Waals surface area contributed by atoms with Crippen LogP contribution < -0.4 is 0 Å². The van der Waals surface area contributed by atoms with E-state index in [0.717, 1.165) is 12.0 Å². The van der Waals surface area contributed by atoms with Crippen LogP contribution in [0, 0.1) is 5.41 Å². The zero-order valence-corrected chi connectivity index (χ0v) is 9.27. The Bertz CT molecular complexity index is 352. The topological polar surface area (TPSA) is 32.6 Å². The fourth-order valence-corrected chi connectivity index (χ4v) is 1.64. The van der Waals surface area contributed by atoms with Gasteiger partial charge in [0.2, 0.25) is 0 Å². The number of benzene rings is 1. The third kappa shape index (κ3) is 2.69. The fourth-order valence-electron chi connectivity index (χ4n) is 1.64. The molecule has 1 aromatic carbocycles. The largest absolute Gasteiger partial charge is 0.411 e. The molecule has 0 radical (unpaired) electrons. The van der Waals surface area contributed by atoms with Crippen molar-refractivity contribution in [3.05, 3.63) is 48.6 Å². The van der Waals surface area contributed by atoms with Gasteiger partial charge in [0.05, 0.1) is 5.71 Å². The molecule has 0 aromatic heterocycles. The Morgan fingerprint density at radius 1 is 1.40 bits per heavy atom. The molecule has 2 nitrogen and oxygen atoms in total. The van der Waals surface area contributed by atoms with Crippen molar-refractivity contribution in [2.45, 2.75) is 20.3 Å². The molecule has 0 amide bonds. The molecule has 1 aromatic rings. The maximum absolute atomic E-state index is 9.10. The Balaban J connectivity index is 3.06. The van der Waals surface area contributed by atoms with Gasteiger partial charge in [0.1, 0.15) is 0 Å². The van der Waals surface area contributed by atoms with E-state index in [1.165, 1.54) is 0 Å². The van der Waals surface area contributed by atoms with Crippen LogP contribution in [0.3, 0.4) is 0 Å². The SMILES string of the molecule is C=CCC(C)(C)/C(=N/O)c1ccccc1. The molecular formula is C13H17NO. The molecule has 0 aliphatic rings. The number of nitrogens with zero attached hydrogens (tertiary/aromatic N) is 1. The lowest BCUT2D eigenvalue weighted by Gasteiger charge is -2.24. The quantitative estimate of drug-likeness (QED) is 0.345. The average molecular weight is 203 g/mol. The summed E-state index contributed by atoms with van der Waals surface area (Å²) in [6.07, 6.45) is 2.62. The second-order valence-electron chi connectivity index (χ2n) is 4.19. The van der Waals surface area contributed by atoms with E-state index in [2.05, 4.69) is 11.7 Å². The lowest BCUT2D eigenvalue weighted by molar-refractivity contribution is 0.310. The maximum Gasteiger partial charge on any atom is 0.0926 e. The predicted molar refractivity (Wildman–Crippen MR) is 63.4 cm³/mol. The Morgan fingerprint density at radius 3 is 2.47 bits per heavy atom. The lowest BCUT2D eigenvalue weighted by atomic mass is 9.81. The summed E-state index contributed by atoms with van der Waals surface area (Å²) in [4.78, 5) is 0. The standard InChI is InChI=1S/C13H17NO/c1-4-10-13(2,3)12(14-15)11-8-6-5-7-9-11/h4-9,15H,1,10H2,2-3H3/b14-12+. The first-order chi connectivity index (χ1) is 7.11. The van der Waals surface area contributed by atoms with E-state index in [-0.39, 0.29) is 5.41 Å². The summed E-state index contributed by atoms with van der Waals surface area (Å²) in [6.45, 7) is 7.80. The smallest absolute Gasteiger partial charge is 0.0926 e. The van der Waals surface area contributed by atoms with Crippen molar-refractivity contribution in [3.8, 4) is 0 Å². The summed E-state index contributed by atoms with van der Waals surface area (Å²) in [5.41, 5.74) is 1.45. The van der Waals surface area contributed by atoms with E-state index >= 15 is 0 Å². The van der Waals surface area contributed by atoms with Crippen LogP contribution in [0.4, 0.5) is 0 Å². The lowest BCUT2D eigenvalue weighted by Crippen LogP contribution is -2.24. The molecule has 15 heavy (non-hydrogen) atoms. The summed E-state index contributed by atoms with van der Waals surface area (Å²) in [5, 5.41) is 12.5. The molecule has 1 rings (SSSR count). The monoisotopic (exact) mass is 203 g/mol. The van der Waals surface area contributed by atoms with Crippen molar-refractivity contribution < 1.29 is 5.21 Å². The van der Waals surface area contributed by atoms with E-state index in [1.54, 1.807) is 0 Å². The van der Waals surface area contributed by atoms with E-state index in [0.29, 0.717) is 5.71 Å². The van der Waals surface area contributed by atoms with Gasteiger partial charge in [-0.3, -0.25) is 0 Å². The van der Waals surface area contributed by atoms with Crippen molar-refractivity contribution in [1.82, 2.24) is 0 Å². The van der Waals surface area contributed by atoms with Crippen molar-refractivity contribution in [3.63, 3.8) is 0 Å². The minimum absolute atomic E-state index is 0.197. The van der Waals surface area contributed by atoms with E-state index in [9.17, 15) is 0 Å². The summed E-state index contributed by atoms with van der Waals surface area (Å²) >= 11 is 0. The summed E-state index contributed by atoms with van der Waals surface area (Å²) in [5.74, 6) is 0. The minimum atomic E-state index is -0.197. The minimum Gasteiger partial charge on any atom is -0.411 e. The molecule has 0 unspecified atom stereocenters. The van der Waals surface area contributed by atoms with Gasteiger partial charge in [-0.1, -0.05) is 55.4 Å². The highest BCUT2D eigenvalue weighted by Crippen LogP contribution is 2.26. The number of oxime groups is 1. The van der Waals surface area contributed by atoms with Gasteiger partial charge in [0, 0.05) is 5.41 Å². The molecule has 0 spiro atoms. The van der Waals surface area contributed by atoms with Gasteiger partial charge in [0.25, 0.3) is 0 Å². The van der Waals surface area contributed by atoms with E-state index in [1.807, 2.05) is 50.3 Å². The van der Waals surface area contributed by atoms with E-state index in [4.69, 9.17) is 5.21 Å². The first-order valence-electron chi connectivity index (χ1n) is 5.00. The van der Waals surface area contributed by atoms with Crippen LogP contribution in [-0.2, 0) is 0 Å². The fraction of sp³-hybridized carbons (Fsp3) is 0.308. The maximum atomic E-state index is 9.10. The van der Waals surface area contributed by atoms with Gasteiger partial charge in [-0.25, -0.2) is 0 Å². The van der Waals surface area contributed by atoms with Crippen LogP contribution in [0.15, 0.2) is 48.1 Å².